The largest absolute Gasteiger partial charge is 0.0683 e. The Labute approximate surface area is 117 Å². The molecule has 3 aromatic rings. The fraction of sp³-hybridized carbons (Fsp3) is 0.263. The number of benzene rings is 3. The summed E-state index contributed by atoms with van der Waals surface area (Å²) in [6.07, 6.45) is 0. The van der Waals surface area contributed by atoms with Crippen molar-refractivity contribution in [3.05, 3.63) is 60.2 Å². The van der Waals surface area contributed by atoms with Gasteiger partial charge in [-0.1, -0.05) is 70.2 Å². The Kier molecular flexibility index (Phi) is 6.08. The monoisotopic (exact) mass is 252 g/mol. The Morgan fingerprint density at radius 3 is 1.74 bits per heavy atom. The van der Waals surface area contributed by atoms with Gasteiger partial charge in [0, 0.05) is 0 Å². The van der Waals surface area contributed by atoms with Gasteiger partial charge < -0.3 is 0 Å². The molecule has 0 aliphatic heterocycles. The Hall–Kier alpha value is -1.82. The van der Waals surface area contributed by atoms with Gasteiger partial charge in [0.2, 0.25) is 0 Å². The molecule has 0 saturated heterocycles. The maximum Gasteiger partial charge on any atom is -0.0148 e. The third kappa shape index (κ3) is 3.35. The minimum Gasteiger partial charge on any atom is -0.0683 e. The van der Waals surface area contributed by atoms with Crippen LogP contribution in [0, 0.1) is 6.92 Å². The molecular weight excluding hydrogens is 228 g/mol. The van der Waals surface area contributed by atoms with Crippen LogP contribution in [0.3, 0.4) is 0 Å². The van der Waals surface area contributed by atoms with E-state index in [1.165, 1.54) is 27.1 Å². The van der Waals surface area contributed by atoms with Gasteiger partial charge in [0.15, 0.2) is 0 Å². The quantitative estimate of drug-likeness (QED) is 0.409. The van der Waals surface area contributed by atoms with E-state index in [4.69, 9.17) is 0 Å². The number of aryl methyl sites for hydroxylation is 1. The Morgan fingerprint density at radius 1 is 0.579 bits per heavy atom. The summed E-state index contributed by atoms with van der Waals surface area (Å²) in [7, 11) is 0. The molecule has 0 nitrogen and oxygen atoms in total. The van der Waals surface area contributed by atoms with Gasteiger partial charge in [-0.2, -0.15) is 0 Å². The highest BCUT2D eigenvalue weighted by molar-refractivity contribution is 5.99. The van der Waals surface area contributed by atoms with Gasteiger partial charge in [0.1, 0.15) is 0 Å². The van der Waals surface area contributed by atoms with Crippen LogP contribution in [0.15, 0.2) is 54.6 Å². The molecule has 0 bridgehead atoms. The SMILES string of the molecule is CC.CC.Cc1cccc2cc3ccccc3cc12. The second-order valence-corrected chi connectivity index (χ2v) is 4.00. The van der Waals surface area contributed by atoms with Crippen LogP contribution in [0.4, 0.5) is 0 Å². The van der Waals surface area contributed by atoms with Gasteiger partial charge in [-0.15, -0.1) is 0 Å². The minimum absolute atomic E-state index is 1.32. The Bertz CT molecular complexity index is 636. The minimum atomic E-state index is 1.32. The summed E-state index contributed by atoms with van der Waals surface area (Å²) < 4.78 is 0. The van der Waals surface area contributed by atoms with Crippen molar-refractivity contribution in [2.75, 3.05) is 0 Å². The molecule has 0 heterocycles. The molecule has 0 spiro atoms. The molecule has 0 saturated carbocycles. The lowest BCUT2D eigenvalue weighted by molar-refractivity contribution is 1.50. The molecule has 0 aliphatic rings. The highest BCUT2D eigenvalue weighted by Gasteiger charge is 1.98. The highest BCUT2D eigenvalue weighted by atomic mass is 14.0. The lowest BCUT2D eigenvalue weighted by Crippen LogP contribution is -1.79. The van der Waals surface area contributed by atoms with E-state index in [9.17, 15) is 0 Å². The summed E-state index contributed by atoms with van der Waals surface area (Å²) in [5, 5.41) is 5.32. The predicted octanol–water partition coefficient (Wildman–Crippen LogP) is 6.35. The van der Waals surface area contributed by atoms with Gasteiger partial charge in [-0.25, -0.2) is 0 Å². The van der Waals surface area contributed by atoms with Crippen LogP contribution in [0.1, 0.15) is 33.3 Å². The van der Waals surface area contributed by atoms with Crippen LogP contribution in [0.5, 0.6) is 0 Å². The molecule has 3 aromatic carbocycles. The van der Waals surface area contributed by atoms with E-state index in [-0.39, 0.29) is 0 Å². The molecule has 0 heteroatoms. The van der Waals surface area contributed by atoms with Crippen LogP contribution in [0.2, 0.25) is 0 Å². The van der Waals surface area contributed by atoms with Crippen LogP contribution < -0.4 is 0 Å². The highest BCUT2D eigenvalue weighted by Crippen LogP contribution is 2.24. The number of hydrogen-bond donors (Lipinski definition) is 0. The molecule has 0 aromatic heterocycles. The lowest BCUT2D eigenvalue weighted by atomic mass is 10.0. The smallest absolute Gasteiger partial charge is 0.0148 e. The van der Waals surface area contributed by atoms with Crippen LogP contribution >= 0.6 is 0 Å². The first-order valence-electron chi connectivity index (χ1n) is 7.23. The molecule has 0 amide bonds. The van der Waals surface area contributed by atoms with Crippen molar-refractivity contribution in [1.82, 2.24) is 0 Å². The zero-order valence-corrected chi connectivity index (χ0v) is 12.7. The van der Waals surface area contributed by atoms with E-state index in [2.05, 4.69) is 61.5 Å². The van der Waals surface area contributed by atoms with Crippen LogP contribution in [0.25, 0.3) is 21.5 Å². The van der Waals surface area contributed by atoms with E-state index in [0.29, 0.717) is 0 Å². The van der Waals surface area contributed by atoms with Crippen molar-refractivity contribution in [2.45, 2.75) is 34.6 Å². The molecule has 0 radical (unpaired) electrons. The fourth-order valence-electron chi connectivity index (χ4n) is 2.12. The summed E-state index contributed by atoms with van der Waals surface area (Å²) in [4.78, 5) is 0. The van der Waals surface area contributed by atoms with Gasteiger partial charge in [-0.05, 0) is 46.2 Å². The van der Waals surface area contributed by atoms with Gasteiger partial charge >= 0.3 is 0 Å². The summed E-state index contributed by atoms with van der Waals surface area (Å²) in [6, 6.07) is 19.5. The van der Waals surface area contributed by atoms with E-state index >= 15 is 0 Å². The van der Waals surface area contributed by atoms with E-state index in [1.54, 1.807) is 0 Å². The van der Waals surface area contributed by atoms with Crippen LogP contribution in [-0.2, 0) is 0 Å². The first-order valence-corrected chi connectivity index (χ1v) is 7.23. The Balaban J connectivity index is 0.000000415. The molecule has 19 heavy (non-hydrogen) atoms. The number of rotatable bonds is 0. The molecule has 0 aliphatic carbocycles. The number of hydrogen-bond acceptors (Lipinski definition) is 0. The second-order valence-electron chi connectivity index (χ2n) is 4.00. The van der Waals surface area contributed by atoms with E-state index in [0.717, 1.165) is 0 Å². The third-order valence-electron chi connectivity index (χ3n) is 2.96. The van der Waals surface area contributed by atoms with Gasteiger partial charge in [-0.3, -0.25) is 0 Å². The van der Waals surface area contributed by atoms with Crippen LogP contribution in [-0.4, -0.2) is 0 Å². The summed E-state index contributed by atoms with van der Waals surface area (Å²) in [5.41, 5.74) is 1.35. The fourth-order valence-corrected chi connectivity index (χ4v) is 2.12. The van der Waals surface area contributed by atoms with Crippen molar-refractivity contribution < 1.29 is 0 Å². The molecule has 100 valence electrons. The lowest BCUT2D eigenvalue weighted by Gasteiger charge is -2.04. The zero-order chi connectivity index (χ0) is 14.3. The summed E-state index contributed by atoms with van der Waals surface area (Å²) in [6.45, 7) is 10.2. The number of fused-ring (bicyclic) bond motifs is 2. The first-order chi connectivity index (χ1) is 9.34. The average Bonchev–Trinajstić information content (AvgIpc) is 2.50. The maximum atomic E-state index is 2.28. The van der Waals surface area contributed by atoms with E-state index in [1.807, 2.05) is 27.7 Å². The topological polar surface area (TPSA) is 0 Å². The summed E-state index contributed by atoms with van der Waals surface area (Å²) in [5.74, 6) is 0. The predicted molar refractivity (Wildman–Crippen MR) is 88.9 cm³/mol. The maximum absolute atomic E-state index is 2.28. The van der Waals surface area contributed by atoms with Gasteiger partial charge in [0.05, 0.1) is 0 Å². The average molecular weight is 252 g/mol. The third-order valence-corrected chi connectivity index (χ3v) is 2.96. The van der Waals surface area contributed by atoms with Crippen molar-refractivity contribution >= 4 is 21.5 Å². The van der Waals surface area contributed by atoms with Gasteiger partial charge in [0.25, 0.3) is 0 Å². The molecule has 0 unspecified atom stereocenters. The Morgan fingerprint density at radius 2 is 1.11 bits per heavy atom. The normalized spacial score (nSPS) is 9.32. The standard InChI is InChI=1S/C15H12.2C2H6/c1-11-5-4-8-14-9-12-6-2-3-7-13(12)10-15(11)14;2*1-2/h2-10H,1H3;2*1-2H3. The summed E-state index contributed by atoms with van der Waals surface area (Å²) >= 11 is 0. The molecule has 0 atom stereocenters. The van der Waals surface area contributed by atoms with Crippen molar-refractivity contribution in [2.24, 2.45) is 0 Å². The van der Waals surface area contributed by atoms with Crippen molar-refractivity contribution in [3.8, 4) is 0 Å². The second kappa shape index (κ2) is 7.58. The molecule has 0 fully saturated rings. The van der Waals surface area contributed by atoms with E-state index < -0.39 is 0 Å². The first kappa shape index (κ1) is 15.2. The zero-order valence-electron chi connectivity index (χ0n) is 12.7. The van der Waals surface area contributed by atoms with Crippen molar-refractivity contribution in [1.29, 1.82) is 0 Å². The molecular formula is C19H24. The molecule has 0 N–H and O–H groups in total. The van der Waals surface area contributed by atoms with Crippen molar-refractivity contribution in [3.63, 3.8) is 0 Å². The molecule has 3 rings (SSSR count).